The van der Waals surface area contributed by atoms with Gasteiger partial charge in [-0.25, -0.2) is 9.78 Å². The summed E-state index contributed by atoms with van der Waals surface area (Å²) in [6.45, 7) is 0. The van der Waals surface area contributed by atoms with Gasteiger partial charge in [0.15, 0.2) is 0 Å². The minimum Gasteiger partial charge on any atom is -0.478 e. The molecule has 5 heteroatoms. The van der Waals surface area contributed by atoms with Crippen molar-refractivity contribution >= 4 is 33.5 Å². The summed E-state index contributed by atoms with van der Waals surface area (Å²) in [6, 6.07) is 1.40. The normalized spacial score (nSPS) is 9.00. The van der Waals surface area contributed by atoms with E-state index in [2.05, 4.69) is 32.8 Å². The standard InChI is InChI=1S/C9H5BrClNO2/c10-3-1-2-6-4-7(9(13)14)5-12-8(6)11/h4-5H,3H2,(H,13,14). The predicted octanol–water partition coefficient (Wildman–Crippen LogP) is 2.18. The van der Waals surface area contributed by atoms with Crippen LogP contribution >= 0.6 is 27.5 Å². The number of hydrogen-bond acceptors (Lipinski definition) is 2. The molecule has 0 aliphatic heterocycles. The van der Waals surface area contributed by atoms with Crippen LogP contribution in [0.2, 0.25) is 5.15 Å². The van der Waals surface area contributed by atoms with Crippen molar-refractivity contribution in [1.29, 1.82) is 0 Å². The van der Waals surface area contributed by atoms with E-state index in [1.165, 1.54) is 12.3 Å². The Balaban J connectivity index is 3.14. The molecular formula is C9H5BrClNO2. The van der Waals surface area contributed by atoms with Gasteiger partial charge in [-0.05, 0) is 6.07 Å². The highest BCUT2D eigenvalue weighted by atomic mass is 79.9. The Bertz CT molecular complexity index is 423. The maximum Gasteiger partial charge on any atom is 0.337 e. The molecule has 72 valence electrons. The molecule has 0 spiro atoms. The second kappa shape index (κ2) is 4.99. The third kappa shape index (κ3) is 2.72. The average Bonchev–Trinajstić information content (AvgIpc) is 2.16. The van der Waals surface area contributed by atoms with E-state index in [0.29, 0.717) is 10.9 Å². The molecule has 0 unspecified atom stereocenters. The second-order valence-corrected chi connectivity index (χ2v) is 3.22. The van der Waals surface area contributed by atoms with Crippen LogP contribution in [-0.2, 0) is 0 Å². The van der Waals surface area contributed by atoms with Gasteiger partial charge in [0.05, 0.1) is 16.5 Å². The number of alkyl halides is 1. The van der Waals surface area contributed by atoms with Crippen LogP contribution in [0.3, 0.4) is 0 Å². The Morgan fingerprint density at radius 1 is 1.71 bits per heavy atom. The molecule has 0 atom stereocenters. The smallest absolute Gasteiger partial charge is 0.337 e. The molecule has 0 bridgehead atoms. The Morgan fingerprint density at radius 3 is 3.00 bits per heavy atom. The highest BCUT2D eigenvalue weighted by molar-refractivity contribution is 9.09. The molecule has 1 heterocycles. The zero-order valence-corrected chi connectivity index (χ0v) is 9.26. The zero-order valence-electron chi connectivity index (χ0n) is 6.92. The third-order valence-electron chi connectivity index (χ3n) is 1.38. The van der Waals surface area contributed by atoms with Crippen molar-refractivity contribution in [3.63, 3.8) is 0 Å². The first-order valence-electron chi connectivity index (χ1n) is 3.59. The summed E-state index contributed by atoms with van der Waals surface area (Å²) < 4.78 is 0. The number of rotatable bonds is 1. The van der Waals surface area contributed by atoms with Crippen molar-refractivity contribution in [3.8, 4) is 11.8 Å². The molecule has 0 aliphatic rings. The van der Waals surface area contributed by atoms with Crippen LogP contribution in [0.15, 0.2) is 12.3 Å². The van der Waals surface area contributed by atoms with Crippen LogP contribution in [0.5, 0.6) is 0 Å². The van der Waals surface area contributed by atoms with Crippen LogP contribution < -0.4 is 0 Å². The first-order chi connectivity index (χ1) is 6.65. The minimum absolute atomic E-state index is 0.0771. The van der Waals surface area contributed by atoms with Gasteiger partial charge >= 0.3 is 5.97 Å². The lowest BCUT2D eigenvalue weighted by atomic mass is 10.2. The molecule has 0 saturated carbocycles. The van der Waals surface area contributed by atoms with E-state index in [0.717, 1.165) is 0 Å². The van der Waals surface area contributed by atoms with Gasteiger partial charge in [-0.1, -0.05) is 39.4 Å². The lowest BCUT2D eigenvalue weighted by molar-refractivity contribution is 0.0696. The maximum atomic E-state index is 10.6. The summed E-state index contributed by atoms with van der Waals surface area (Å²) in [6.07, 6.45) is 1.20. The van der Waals surface area contributed by atoms with Crippen LogP contribution in [0.25, 0.3) is 0 Å². The highest BCUT2D eigenvalue weighted by Gasteiger charge is 2.06. The number of aromatic nitrogens is 1. The summed E-state index contributed by atoms with van der Waals surface area (Å²) in [7, 11) is 0. The number of pyridine rings is 1. The van der Waals surface area contributed by atoms with Crippen molar-refractivity contribution in [1.82, 2.24) is 4.98 Å². The summed E-state index contributed by atoms with van der Waals surface area (Å²) in [5.41, 5.74) is 0.499. The lowest BCUT2D eigenvalue weighted by Crippen LogP contribution is -1.98. The second-order valence-electron chi connectivity index (χ2n) is 2.30. The van der Waals surface area contributed by atoms with Crippen molar-refractivity contribution < 1.29 is 9.90 Å². The van der Waals surface area contributed by atoms with Gasteiger partial charge in [0, 0.05) is 6.20 Å². The van der Waals surface area contributed by atoms with Crippen molar-refractivity contribution in [3.05, 3.63) is 28.5 Å². The molecule has 3 nitrogen and oxygen atoms in total. The van der Waals surface area contributed by atoms with Gasteiger partial charge in [0.25, 0.3) is 0 Å². The zero-order chi connectivity index (χ0) is 10.6. The van der Waals surface area contributed by atoms with E-state index in [-0.39, 0.29) is 10.7 Å². The number of nitrogens with zero attached hydrogens (tertiary/aromatic N) is 1. The number of halogens is 2. The Morgan fingerprint density at radius 2 is 2.43 bits per heavy atom. The monoisotopic (exact) mass is 273 g/mol. The topological polar surface area (TPSA) is 50.2 Å². The molecule has 0 fully saturated rings. The van der Waals surface area contributed by atoms with Crippen LogP contribution in [0.1, 0.15) is 15.9 Å². The Kier molecular flexibility index (Phi) is 3.93. The average molecular weight is 275 g/mol. The number of carboxylic acid groups (broad SMARTS) is 1. The molecule has 1 N–H and O–H groups in total. The van der Waals surface area contributed by atoms with Crippen molar-refractivity contribution in [2.75, 3.05) is 5.33 Å². The first-order valence-corrected chi connectivity index (χ1v) is 5.08. The van der Waals surface area contributed by atoms with Crippen molar-refractivity contribution in [2.45, 2.75) is 0 Å². The van der Waals surface area contributed by atoms with Gasteiger partial charge in [-0.15, -0.1) is 0 Å². The molecule has 0 amide bonds. The largest absolute Gasteiger partial charge is 0.478 e. The summed E-state index contributed by atoms with van der Waals surface area (Å²) in [4.78, 5) is 14.3. The molecule has 0 aromatic carbocycles. The molecule has 1 aromatic heterocycles. The van der Waals surface area contributed by atoms with Gasteiger partial charge in [0.2, 0.25) is 0 Å². The number of carboxylic acids is 1. The Hall–Kier alpha value is -1.05. The molecule has 14 heavy (non-hydrogen) atoms. The number of aromatic carboxylic acids is 1. The maximum absolute atomic E-state index is 10.6. The third-order valence-corrected chi connectivity index (χ3v) is 1.96. The fourth-order valence-corrected chi connectivity index (χ4v) is 1.07. The lowest BCUT2D eigenvalue weighted by Gasteiger charge is -1.96. The fraction of sp³-hybridized carbons (Fsp3) is 0.111. The summed E-state index contributed by atoms with van der Waals surface area (Å²) in [5.74, 6) is 4.38. The van der Waals surface area contributed by atoms with E-state index in [4.69, 9.17) is 16.7 Å². The van der Waals surface area contributed by atoms with Crippen LogP contribution in [0.4, 0.5) is 0 Å². The predicted molar refractivity (Wildman–Crippen MR) is 56.9 cm³/mol. The van der Waals surface area contributed by atoms with E-state index in [9.17, 15) is 4.79 Å². The molecule has 0 saturated heterocycles. The van der Waals surface area contributed by atoms with E-state index in [1.54, 1.807) is 0 Å². The molecular weight excluding hydrogens is 269 g/mol. The number of hydrogen-bond donors (Lipinski definition) is 1. The van der Waals surface area contributed by atoms with E-state index < -0.39 is 5.97 Å². The molecule has 1 rings (SSSR count). The molecule has 1 aromatic rings. The molecule has 0 aliphatic carbocycles. The van der Waals surface area contributed by atoms with Crippen molar-refractivity contribution in [2.24, 2.45) is 0 Å². The molecule has 0 radical (unpaired) electrons. The quantitative estimate of drug-likeness (QED) is 0.485. The fourth-order valence-electron chi connectivity index (χ4n) is 0.781. The minimum atomic E-state index is -1.05. The summed E-state index contributed by atoms with van der Waals surface area (Å²) in [5, 5.41) is 9.40. The number of carbonyl (C=O) groups is 1. The van der Waals surface area contributed by atoms with Gasteiger partial charge in [-0.2, -0.15) is 0 Å². The summed E-state index contributed by atoms with van der Waals surface area (Å²) >= 11 is 8.84. The highest BCUT2D eigenvalue weighted by Crippen LogP contribution is 2.13. The van der Waals surface area contributed by atoms with E-state index >= 15 is 0 Å². The van der Waals surface area contributed by atoms with Gasteiger partial charge < -0.3 is 5.11 Å². The van der Waals surface area contributed by atoms with Crippen LogP contribution in [0, 0.1) is 11.8 Å². The van der Waals surface area contributed by atoms with E-state index in [1.807, 2.05) is 0 Å². The van der Waals surface area contributed by atoms with Crippen LogP contribution in [-0.4, -0.2) is 21.4 Å². The SMILES string of the molecule is O=C(O)c1cnc(Cl)c(C#CCBr)c1. The van der Waals surface area contributed by atoms with Gasteiger partial charge in [-0.3, -0.25) is 0 Å². The first kappa shape index (κ1) is 11.0. The van der Waals surface area contributed by atoms with Gasteiger partial charge in [0.1, 0.15) is 5.15 Å². The Labute approximate surface area is 94.2 Å².